The number of amides is 2. The molecule has 2 aromatic carbocycles. The molecule has 4 aromatic heterocycles. The zero-order valence-corrected chi connectivity index (χ0v) is 36.5. The number of fused-ring (bicyclic) bond motifs is 3. The lowest BCUT2D eigenvalue weighted by Crippen LogP contribution is -2.44. The minimum absolute atomic E-state index is 0.217. The number of para-hydroxylation sites is 1. The Morgan fingerprint density at radius 3 is 2.45 bits per heavy atom. The Kier molecular flexibility index (Phi) is 10.8. The second kappa shape index (κ2) is 16.6. The normalized spacial score (nSPS) is 21.2. The smallest absolute Gasteiger partial charge is 0.329 e. The summed E-state index contributed by atoms with van der Waals surface area (Å²) in [6.07, 6.45) is 10.0. The predicted molar refractivity (Wildman–Crippen MR) is 245 cm³/mol. The molecule has 2 amide bonds. The van der Waals surface area contributed by atoms with E-state index in [0.29, 0.717) is 59.6 Å². The average molecular weight is 866 g/mol. The summed E-state index contributed by atoms with van der Waals surface area (Å²) in [6, 6.07) is 17.6. The topological polar surface area (TPSA) is 177 Å². The van der Waals surface area contributed by atoms with Crippen LogP contribution < -0.4 is 26.8 Å². The van der Waals surface area contributed by atoms with E-state index >= 15 is 0 Å². The van der Waals surface area contributed by atoms with E-state index in [2.05, 4.69) is 62.3 Å². The van der Waals surface area contributed by atoms with Gasteiger partial charge in [-0.2, -0.15) is 4.98 Å². The molecule has 3 saturated heterocycles. The molecule has 0 saturated carbocycles. The maximum atomic E-state index is 13.6. The van der Waals surface area contributed by atoms with Crippen LogP contribution in [0.1, 0.15) is 87.1 Å². The summed E-state index contributed by atoms with van der Waals surface area (Å²) in [7, 11) is 1.77. The third-order valence-corrected chi connectivity index (χ3v) is 14.3. The number of aryl methyl sites for hydroxylation is 2. The monoisotopic (exact) mass is 865 g/mol. The molecule has 3 aliphatic heterocycles. The van der Waals surface area contributed by atoms with Crippen molar-refractivity contribution in [2.24, 2.45) is 13.0 Å². The summed E-state index contributed by atoms with van der Waals surface area (Å²) in [4.78, 5) is 70.8. The largest absolute Gasteiger partial charge is 0.384 e. The molecule has 16 heteroatoms. The number of hydrogen-bond acceptors (Lipinski definition) is 11. The van der Waals surface area contributed by atoms with Gasteiger partial charge in [0.2, 0.25) is 17.8 Å². The number of anilines is 3. The number of imide groups is 1. The number of aromatic nitrogens is 7. The molecule has 3 N–H and O–H groups in total. The fraction of sp³-hybridized carbons (Fsp3) is 0.438. The van der Waals surface area contributed by atoms with Gasteiger partial charge in [-0.05, 0) is 118 Å². The highest BCUT2D eigenvalue weighted by atomic mass is 16.3. The van der Waals surface area contributed by atoms with Gasteiger partial charge in [-0.3, -0.25) is 28.8 Å². The van der Waals surface area contributed by atoms with Crippen molar-refractivity contribution in [3.63, 3.8) is 0 Å². The van der Waals surface area contributed by atoms with Gasteiger partial charge in [-0.15, -0.1) is 6.58 Å². The number of likely N-dealkylation sites (tertiary alicyclic amines) is 1. The van der Waals surface area contributed by atoms with Crippen LogP contribution in [-0.2, 0) is 35.2 Å². The number of carbonyl (C=O) groups is 2. The fourth-order valence-corrected chi connectivity index (χ4v) is 10.7. The summed E-state index contributed by atoms with van der Waals surface area (Å²) < 4.78 is 6.47. The van der Waals surface area contributed by atoms with Crippen LogP contribution in [0.3, 0.4) is 0 Å². The van der Waals surface area contributed by atoms with E-state index in [1.165, 1.54) is 5.56 Å². The van der Waals surface area contributed by atoms with Gasteiger partial charge in [0.15, 0.2) is 11.5 Å². The molecule has 3 fully saturated rings. The first kappa shape index (κ1) is 41.6. The van der Waals surface area contributed by atoms with Crippen LogP contribution >= 0.6 is 0 Å². The third kappa shape index (κ3) is 7.31. The van der Waals surface area contributed by atoms with Crippen molar-refractivity contribution in [1.82, 2.24) is 43.7 Å². The van der Waals surface area contributed by atoms with Crippen molar-refractivity contribution in [2.45, 2.75) is 88.8 Å². The highest BCUT2D eigenvalue weighted by Gasteiger charge is 2.38. The predicted octanol–water partition coefficient (Wildman–Crippen LogP) is 5.18. The lowest BCUT2D eigenvalue weighted by molar-refractivity contribution is -0.135. The molecule has 0 spiro atoms. The van der Waals surface area contributed by atoms with Gasteiger partial charge < -0.3 is 20.2 Å². The third-order valence-electron chi connectivity index (χ3n) is 14.3. The quantitative estimate of drug-likeness (QED) is 0.116. The SMILES string of the molecule is C=CCn1c(=O)c2cnc(Nc3ccc(C4CCN(CC5CCN(c6cccc7c6n(C)c(=O)n7C6CCC(=O)NC6=O)CC5)CC4)cc3)nc2n1-c1ccc2c(n1)[C@@](O)(CC)CC2. The first-order chi connectivity index (χ1) is 31.0. The number of rotatable bonds is 11. The number of nitrogens with zero attached hydrogens (tertiary/aromatic N) is 9. The van der Waals surface area contributed by atoms with Gasteiger partial charge in [0.25, 0.3) is 5.56 Å². The van der Waals surface area contributed by atoms with E-state index in [9.17, 15) is 24.3 Å². The molecule has 7 heterocycles. The number of nitrogens with one attached hydrogen (secondary N) is 2. The first-order valence-electron chi connectivity index (χ1n) is 22.7. The van der Waals surface area contributed by atoms with E-state index in [4.69, 9.17) is 9.97 Å². The summed E-state index contributed by atoms with van der Waals surface area (Å²) in [5.41, 5.74) is 5.35. The van der Waals surface area contributed by atoms with Gasteiger partial charge in [0, 0.05) is 45.0 Å². The highest BCUT2D eigenvalue weighted by molar-refractivity contribution is 6.00. The van der Waals surface area contributed by atoms with Gasteiger partial charge in [0.1, 0.15) is 17.0 Å². The first-order valence-corrected chi connectivity index (χ1v) is 22.7. The summed E-state index contributed by atoms with van der Waals surface area (Å²) in [5, 5.41) is 17.4. The maximum absolute atomic E-state index is 13.6. The number of carbonyl (C=O) groups excluding carboxylic acids is 2. The van der Waals surface area contributed by atoms with Gasteiger partial charge in [-0.25, -0.2) is 24.1 Å². The molecular weight excluding hydrogens is 811 g/mol. The Bertz CT molecular complexity index is 2910. The molecule has 0 bridgehead atoms. The maximum Gasteiger partial charge on any atom is 0.329 e. The molecular formula is C48H55N11O5. The Labute approximate surface area is 370 Å². The number of hydrogen-bond donors (Lipinski definition) is 3. The molecule has 16 nitrogen and oxygen atoms in total. The van der Waals surface area contributed by atoms with Crippen LogP contribution in [0, 0.1) is 5.92 Å². The van der Waals surface area contributed by atoms with Crippen LogP contribution in [0.4, 0.5) is 17.3 Å². The Hall–Kier alpha value is -6.39. The molecule has 1 unspecified atom stereocenters. The van der Waals surface area contributed by atoms with Gasteiger partial charge in [-0.1, -0.05) is 37.3 Å². The van der Waals surface area contributed by atoms with Gasteiger partial charge >= 0.3 is 5.69 Å². The van der Waals surface area contributed by atoms with Crippen molar-refractivity contribution < 1.29 is 14.7 Å². The Morgan fingerprint density at radius 2 is 1.72 bits per heavy atom. The lowest BCUT2D eigenvalue weighted by atomic mass is 9.88. The van der Waals surface area contributed by atoms with Gasteiger partial charge in [0.05, 0.1) is 29.0 Å². The van der Waals surface area contributed by atoms with Crippen molar-refractivity contribution in [3.8, 4) is 5.82 Å². The van der Waals surface area contributed by atoms with E-state index < -0.39 is 17.6 Å². The molecule has 2 atom stereocenters. The Balaban J connectivity index is 0.761. The summed E-state index contributed by atoms with van der Waals surface area (Å²) in [5.74, 6) is 1.22. The molecule has 1 aliphatic carbocycles. The molecule has 64 heavy (non-hydrogen) atoms. The molecule has 10 rings (SSSR count). The number of piperidine rings is 3. The lowest BCUT2D eigenvalue weighted by Gasteiger charge is -2.38. The number of benzene rings is 2. The molecule has 0 radical (unpaired) electrons. The van der Waals surface area contributed by atoms with Crippen molar-refractivity contribution in [3.05, 3.63) is 111 Å². The number of aliphatic hydroxyl groups is 1. The van der Waals surface area contributed by atoms with E-state index in [1.807, 2.05) is 31.2 Å². The van der Waals surface area contributed by atoms with Crippen molar-refractivity contribution >= 4 is 51.2 Å². The van der Waals surface area contributed by atoms with E-state index in [0.717, 1.165) is 92.8 Å². The summed E-state index contributed by atoms with van der Waals surface area (Å²) >= 11 is 0. The second-order valence-corrected chi connectivity index (χ2v) is 18.1. The van der Waals surface area contributed by atoms with Crippen LogP contribution in [-0.4, -0.2) is 88.0 Å². The van der Waals surface area contributed by atoms with Crippen LogP contribution in [0.25, 0.3) is 27.9 Å². The highest BCUT2D eigenvalue weighted by Crippen LogP contribution is 2.39. The number of pyridine rings is 1. The van der Waals surface area contributed by atoms with E-state index in [1.54, 1.807) is 37.8 Å². The standard InChI is InChI=1S/C48H55N11O5/c1-4-23-57-45(62)35-28-49-46(53-43(35)59(57)39-15-11-33-17-22-48(64,5-2)42(33)51-39)50-34-12-9-31(10-13-34)32-20-24-55(25-21-32)29-30-18-26-56(27-19-30)36-7-6-8-37-41(36)54(3)47(63)58(37)38-14-16-40(60)52-44(38)61/h4,6-13,15,28,30,32,38,64H,1,5,14,16-27,29H2,2-3H3,(H,49,50,53)(H,52,60,61)/t38?,48-/m1/s1. The van der Waals surface area contributed by atoms with Crippen LogP contribution in [0.15, 0.2) is 83.0 Å². The van der Waals surface area contributed by atoms with Crippen LogP contribution in [0.2, 0.25) is 0 Å². The second-order valence-electron chi connectivity index (χ2n) is 18.1. The number of allylic oxidation sites excluding steroid dienone is 1. The van der Waals surface area contributed by atoms with Crippen LogP contribution in [0.5, 0.6) is 0 Å². The Morgan fingerprint density at radius 1 is 0.938 bits per heavy atom. The van der Waals surface area contributed by atoms with Crippen molar-refractivity contribution in [1.29, 1.82) is 0 Å². The molecule has 332 valence electrons. The molecule has 6 aromatic rings. The minimum atomic E-state index is -0.995. The average Bonchev–Trinajstić information content (AvgIpc) is 3.89. The molecule has 4 aliphatic rings. The van der Waals surface area contributed by atoms with Crippen molar-refractivity contribution in [2.75, 3.05) is 42.9 Å². The number of imidazole rings is 1. The minimum Gasteiger partial charge on any atom is -0.384 e. The zero-order chi connectivity index (χ0) is 44.3. The fourth-order valence-electron chi connectivity index (χ4n) is 10.7. The van der Waals surface area contributed by atoms with E-state index in [-0.39, 0.29) is 30.1 Å². The summed E-state index contributed by atoms with van der Waals surface area (Å²) in [6.45, 7) is 11.1. The zero-order valence-electron chi connectivity index (χ0n) is 36.5.